The first kappa shape index (κ1) is 13.4. The number of nitrogens with two attached hydrogens (primary N) is 1. The second-order valence-corrected chi connectivity index (χ2v) is 4.90. The number of benzene rings is 1. The maximum Gasteiger partial charge on any atom is 0.129 e. The van der Waals surface area contributed by atoms with Gasteiger partial charge < -0.3 is 10.8 Å². The molecule has 0 spiro atoms. The summed E-state index contributed by atoms with van der Waals surface area (Å²) in [5.41, 5.74) is 6.56. The van der Waals surface area contributed by atoms with E-state index in [2.05, 4.69) is 4.98 Å². The van der Waals surface area contributed by atoms with E-state index in [9.17, 15) is 5.11 Å². The van der Waals surface area contributed by atoms with Gasteiger partial charge in [0.15, 0.2) is 0 Å². The van der Waals surface area contributed by atoms with Gasteiger partial charge in [-0.1, -0.05) is 46.9 Å². The Morgan fingerprint density at radius 3 is 2.61 bits per heavy atom. The molecule has 0 amide bonds. The number of aliphatic hydroxyl groups is 1. The zero-order valence-corrected chi connectivity index (χ0v) is 11.3. The fourth-order valence-electron chi connectivity index (χ4n) is 1.58. The maximum absolute atomic E-state index is 10.3. The lowest BCUT2D eigenvalue weighted by molar-refractivity contribution is 0.221. The van der Waals surface area contributed by atoms with Crippen molar-refractivity contribution in [3.63, 3.8) is 0 Å². The number of nitrogen functional groups attached to an aromatic ring is 1. The van der Waals surface area contributed by atoms with Crippen LogP contribution in [0.4, 0.5) is 5.82 Å². The Kier molecular flexibility index (Phi) is 3.97. The van der Waals surface area contributed by atoms with Crippen molar-refractivity contribution in [1.82, 2.24) is 4.98 Å². The summed E-state index contributed by atoms with van der Waals surface area (Å²) >= 11 is 17.8. The van der Waals surface area contributed by atoms with Crippen molar-refractivity contribution in [1.29, 1.82) is 0 Å². The molecular formula is C12H9Cl3N2O. The molecule has 94 valence electrons. The van der Waals surface area contributed by atoms with Gasteiger partial charge in [-0.05, 0) is 12.1 Å². The third kappa shape index (κ3) is 2.54. The van der Waals surface area contributed by atoms with Crippen LogP contribution in [-0.4, -0.2) is 10.1 Å². The van der Waals surface area contributed by atoms with Gasteiger partial charge >= 0.3 is 0 Å². The van der Waals surface area contributed by atoms with Gasteiger partial charge in [-0.2, -0.15) is 0 Å². The summed E-state index contributed by atoms with van der Waals surface area (Å²) in [6.07, 6.45) is 0.384. The van der Waals surface area contributed by atoms with Gasteiger partial charge in [-0.3, -0.25) is 0 Å². The van der Waals surface area contributed by atoms with Crippen LogP contribution in [0.15, 0.2) is 30.5 Å². The molecule has 2 aromatic rings. The molecule has 1 aromatic heterocycles. The molecule has 1 heterocycles. The van der Waals surface area contributed by atoms with Crippen LogP contribution in [-0.2, 0) is 0 Å². The van der Waals surface area contributed by atoms with Gasteiger partial charge in [0.1, 0.15) is 11.9 Å². The summed E-state index contributed by atoms with van der Waals surface area (Å²) in [6.45, 7) is 0. The van der Waals surface area contributed by atoms with Crippen molar-refractivity contribution in [2.24, 2.45) is 0 Å². The van der Waals surface area contributed by atoms with Crippen molar-refractivity contribution in [3.05, 3.63) is 56.7 Å². The average Bonchev–Trinajstić information content (AvgIpc) is 2.35. The van der Waals surface area contributed by atoms with Crippen LogP contribution in [0.2, 0.25) is 15.1 Å². The number of pyridine rings is 1. The molecule has 1 unspecified atom stereocenters. The van der Waals surface area contributed by atoms with Crippen molar-refractivity contribution in [2.45, 2.75) is 6.10 Å². The molecule has 0 radical (unpaired) electrons. The summed E-state index contributed by atoms with van der Waals surface area (Å²) < 4.78 is 0. The molecule has 6 heteroatoms. The highest BCUT2D eigenvalue weighted by molar-refractivity contribution is 6.42. The van der Waals surface area contributed by atoms with Gasteiger partial charge in [0, 0.05) is 17.3 Å². The molecule has 18 heavy (non-hydrogen) atoms. The van der Waals surface area contributed by atoms with E-state index in [4.69, 9.17) is 40.5 Å². The largest absolute Gasteiger partial charge is 0.383 e. The monoisotopic (exact) mass is 302 g/mol. The highest BCUT2D eigenvalue weighted by atomic mass is 35.5. The molecule has 0 saturated carbocycles. The van der Waals surface area contributed by atoms with E-state index in [1.165, 1.54) is 6.20 Å². The summed E-state index contributed by atoms with van der Waals surface area (Å²) in [4.78, 5) is 3.89. The number of anilines is 1. The van der Waals surface area contributed by atoms with E-state index >= 15 is 0 Å². The fraction of sp³-hybridized carbons (Fsp3) is 0.0833. The molecule has 1 atom stereocenters. The van der Waals surface area contributed by atoms with E-state index in [1.54, 1.807) is 24.3 Å². The number of halogens is 3. The van der Waals surface area contributed by atoms with Gasteiger partial charge in [-0.15, -0.1) is 0 Å². The van der Waals surface area contributed by atoms with Crippen LogP contribution < -0.4 is 5.73 Å². The minimum Gasteiger partial charge on any atom is -0.383 e. The Balaban J connectivity index is 2.51. The van der Waals surface area contributed by atoms with E-state index in [0.717, 1.165) is 0 Å². The minimum absolute atomic E-state index is 0.197. The Bertz CT molecular complexity index is 588. The first-order valence-corrected chi connectivity index (χ1v) is 6.17. The normalized spacial score (nSPS) is 12.4. The summed E-state index contributed by atoms with van der Waals surface area (Å²) in [5.74, 6) is 0.197. The Hall–Kier alpha value is -1.000. The number of hydrogen-bond donors (Lipinski definition) is 2. The highest BCUT2D eigenvalue weighted by Crippen LogP contribution is 2.35. The van der Waals surface area contributed by atoms with Crippen LogP contribution in [0.25, 0.3) is 0 Å². The first-order chi connectivity index (χ1) is 8.50. The van der Waals surface area contributed by atoms with E-state index in [0.29, 0.717) is 21.2 Å². The number of hydrogen-bond acceptors (Lipinski definition) is 3. The van der Waals surface area contributed by atoms with Crippen LogP contribution in [0.1, 0.15) is 17.2 Å². The average molecular weight is 304 g/mol. The van der Waals surface area contributed by atoms with Crippen LogP contribution >= 0.6 is 34.8 Å². The molecule has 0 aliphatic heterocycles. The predicted molar refractivity (Wildman–Crippen MR) is 74.2 cm³/mol. The van der Waals surface area contributed by atoms with Crippen LogP contribution in [0.3, 0.4) is 0 Å². The quantitative estimate of drug-likeness (QED) is 0.889. The third-order valence-electron chi connectivity index (χ3n) is 2.49. The minimum atomic E-state index is -1.03. The first-order valence-electron chi connectivity index (χ1n) is 5.03. The Morgan fingerprint density at radius 2 is 1.89 bits per heavy atom. The molecule has 0 saturated heterocycles. The topological polar surface area (TPSA) is 59.1 Å². The van der Waals surface area contributed by atoms with E-state index < -0.39 is 6.10 Å². The lowest BCUT2D eigenvalue weighted by Crippen LogP contribution is -2.06. The zero-order chi connectivity index (χ0) is 13.3. The zero-order valence-electron chi connectivity index (χ0n) is 9.07. The lowest BCUT2D eigenvalue weighted by atomic mass is 10.0. The molecule has 0 fully saturated rings. The maximum atomic E-state index is 10.3. The molecule has 3 N–H and O–H groups in total. The number of rotatable bonds is 2. The number of aliphatic hydroxyl groups excluding tert-OH is 1. The molecule has 0 aliphatic carbocycles. The second-order valence-electron chi connectivity index (χ2n) is 3.67. The van der Waals surface area contributed by atoms with Gasteiger partial charge in [0.25, 0.3) is 0 Å². The highest BCUT2D eigenvalue weighted by Gasteiger charge is 2.18. The summed E-state index contributed by atoms with van der Waals surface area (Å²) in [7, 11) is 0. The third-order valence-corrected chi connectivity index (χ3v) is 3.53. The van der Waals surface area contributed by atoms with Crippen LogP contribution in [0.5, 0.6) is 0 Å². The molecule has 2 rings (SSSR count). The van der Waals surface area contributed by atoms with Crippen LogP contribution in [0, 0.1) is 0 Å². The molecule has 3 nitrogen and oxygen atoms in total. The lowest BCUT2D eigenvalue weighted by Gasteiger charge is -2.15. The molecule has 0 aliphatic rings. The number of nitrogens with zero attached hydrogens (tertiary/aromatic N) is 1. The van der Waals surface area contributed by atoms with Gasteiger partial charge in [0.05, 0.1) is 15.1 Å². The smallest absolute Gasteiger partial charge is 0.129 e. The van der Waals surface area contributed by atoms with E-state index in [-0.39, 0.29) is 10.8 Å². The van der Waals surface area contributed by atoms with Gasteiger partial charge in [-0.25, -0.2) is 4.98 Å². The molecular weight excluding hydrogens is 295 g/mol. The van der Waals surface area contributed by atoms with Crippen molar-refractivity contribution in [3.8, 4) is 0 Å². The van der Waals surface area contributed by atoms with Crippen molar-refractivity contribution < 1.29 is 5.11 Å². The summed E-state index contributed by atoms with van der Waals surface area (Å²) in [5, 5.41) is 11.3. The fourth-order valence-corrected chi connectivity index (χ4v) is 2.16. The summed E-state index contributed by atoms with van der Waals surface area (Å²) in [6, 6.07) is 6.55. The van der Waals surface area contributed by atoms with Crippen molar-refractivity contribution in [2.75, 3.05) is 5.73 Å². The number of aromatic nitrogens is 1. The molecule has 0 bridgehead atoms. The Labute approximate surface area is 119 Å². The Morgan fingerprint density at radius 1 is 1.17 bits per heavy atom. The second kappa shape index (κ2) is 5.33. The predicted octanol–water partition coefficient (Wildman–Crippen LogP) is 3.71. The van der Waals surface area contributed by atoms with Crippen molar-refractivity contribution >= 4 is 40.6 Å². The SMILES string of the molecule is Nc1ncc(Cl)cc1C(O)c1cccc(Cl)c1Cl. The van der Waals surface area contributed by atoms with Gasteiger partial charge in [0.2, 0.25) is 0 Å². The standard InChI is InChI=1S/C12H9Cl3N2O/c13-6-4-8(12(16)17-5-6)11(18)7-2-1-3-9(14)10(7)15/h1-5,11,18H,(H2,16,17). The molecule has 1 aromatic carbocycles. The van der Waals surface area contributed by atoms with E-state index in [1.807, 2.05) is 0 Å².